The van der Waals surface area contributed by atoms with Crippen LogP contribution in [0.25, 0.3) is 10.8 Å². The summed E-state index contributed by atoms with van der Waals surface area (Å²) in [7, 11) is -1.91. The maximum absolute atomic E-state index is 13.2. The summed E-state index contributed by atoms with van der Waals surface area (Å²) in [6, 6.07) is 14.9. The van der Waals surface area contributed by atoms with Crippen LogP contribution in [0.3, 0.4) is 0 Å². The molecule has 4 rings (SSSR count). The van der Waals surface area contributed by atoms with Crippen LogP contribution in [-0.2, 0) is 10.0 Å². The molecule has 0 unspecified atom stereocenters. The van der Waals surface area contributed by atoms with Gasteiger partial charge in [-0.05, 0) is 24.3 Å². The molecule has 7 heteroatoms. The first-order chi connectivity index (χ1) is 13.1. The Balaban J connectivity index is 1.58. The minimum atomic E-state index is -3.56. The zero-order valence-electron chi connectivity index (χ0n) is 15.1. The number of piperazine rings is 1. The summed E-state index contributed by atoms with van der Waals surface area (Å²) < 4.78 is 33.5. The van der Waals surface area contributed by atoms with Gasteiger partial charge in [-0.2, -0.15) is 4.31 Å². The van der Waals surface area contributed by atoms with Crippen molar-refractivity contribution in [2.45, 2.75) is 4.90 Å². The van der Waals surface area contributed by atoms with Gasteiger partial charge < -0.3 is 9.64 Å². The molecular formula is C20H21N3O3S. The molecule has 0 radical (unpaired) electrons. The zero-order chi connectivity index (χ0) is 18.9. The van der Waals surface area contributed by atoms with E-state index in [1.54, 1.807) is 42.0 Å². The van der Waals surface area contributed by atoms with E-state index in [1.165, 1.54) is 0 Å². The Morgan fingerprint density at radius 3 is 2.52 bits per heavy atom. The summed E-state index contributed by atoms with van der Waals surface area (Å²) in [6.07, 6.45) is 3.31. The quantitative estimate of drug-likeness (QED) is 0.693. The Bertz CT molecular complexity index is 1060. The number of pyridine rings is 1. The van der Waals surface area contributed by atoms with Crippen LogP contribution in [0.2, 0.25) is 0 Å². The summed E-state index contributed by atoms with van der Waals surface area (Å²) >= 11 is 0. The average molecular weight is 383 g/mol. The minimum Gasteiger partial charge on any atom is -0.495 e. The summed E-state index contributed by atoms with van der Waals surface area (Å²) in [5, 5.41) is 1.53. The minimum absolute atomic E-state index is 0.341. The van der Waals surface area contributed by atoms with Gasteiger partial charge in [0.1, 0.15) is 5.75 Å². The number of sulfonamides is 1. The molecule has 1 aliphatic heterocycles. The fraction of sp³-hybridized carbons (Fsp3) is 0.250. The van der Waals surface area contributed by atoms with E-state index in [2.05, 4.69) is 9.88 Å². The normalized spacial score (nSPS) is 15.8. The second kappa shape index (κ2) is 7.17. The second-order valence-electron chi connectivity index (χ2n) is 6.42. The Kier molecular flexibility index (Phi) is 4.72. The molecule has 1 aliphatic rings. The van der Waals surface area contributed by atoms with Gasteiger partial charge in [-0.1, -0.05) is 24.3 Å². The molecule has 0 N–H and O–H groups in total. The smallest absolute Gasteiger partial charge is 0.243 e. The van der Waals surface area contributed by atoms with Gasteiger partial charge in [0.05, 0.1) is 17.7 Å². The Hall–Kier alpha value is -2.64. The first-order valence-corrected chi connectivity index (χ1v) is 10.3. The highest BCUT2D eigenvalue weighted by Gasteiger charge is 2.30. The lowest BCUT2D eigenvalue weighted by atomic mass is 10.2. The summed E-state index contributed by atoms with van der Waals surface area (Å²) in [5.74, 6) is 0.801. The van der Waals surface area contributed by atoms with Crippen LogP contribution in [0.5, 0.6) is 5.75 Å². The first kappa shape index (κ1) is 17.8. The van der Waals surface area contributed by atoms with E-state index < -0.39 is 10.0 Å². The number of nitrogens with zero attached hydrogens (tertiary/aromatic N) is 3. The fourth-order valence-corrected chi connectivity index (χ4v) is 5.15. The standard InChI is InChI=1S/C20H21N3O3S/c1-26-19-7-3-2-6-18(19)22-11-13-23(14-12-22)27(24,25)20-8-4-5-16-15-21-10-9-17(16)20/h2-10,15H,11-14H2,1H3. The van der Waals surface area contributed by atoms with Crippen molar-refractivity contribution in [1.29, 1.82) is 0 Å². The Labute approximate surface area is 159 Å². The number of hydrogen-bond acceptors (Lipinski definition) is 5. The molecule has 6 nitrogen and oxygen atoms in total. The second-order valence-corrected chi connectivity index (χ2v) is 8.32. The van der Waals surface area contributed by atoms with Crippen LogP contribution in [0.15, 0.2) is 65.8 Å². The largest absolute Gasteiger partial charge is 0.495 e. The Morgan fingerprint density at radius 2 is 1.74 bits per heavy atom. The first-order valence-electron chi connectivity index (χ1n) is 8.82. The van der Waals surface area contributed by atoms with E-state index in [-0.39, 0.29) is 0 Å². The van der Waals surface area contributed by atoms with Crippen LogP contribution in [0.4, 0.5) is 5.69 Å². The molecule has 27 heavy (non-hydrogen) atoms. The highest BCUT2D eigenvalue weighted by atomic mass is 32.2. The van der Waals surface area contributed by atoms with E-state index in [4.69, 9.17) is 4.74 Å². The lowest BCUT2D eigenvalue weighted by molar-refractivity contribution is 0.378. The molecule has 2 aromatic carbocycles. The van der Waals surface area contributed by atoms with Gasteiger partial charge in [-0.3, -0.25) is 4.98 Å². The molecule has 0 aliphatic carbocycles. The number of benzene rings is 2. The van der Waals surface area contributed by atoms with Crippen molar-refractivity contribution in [2.24, 2.45) is 0 Å². The van der Waals surface area contributed by atoms with Crippen LogP contribution in [0.1, 0.15) is 0 Å². The van der Waals surface area contributed by atoms with E-state index in [1.807, 2.05) is 30.3 Å². The van der Waals surface area contributed by atoms with Gasteiger partial charge >= 0.3 is 0 Å². The van der Waals surface area contributed by atoms with Crippen molar-refractivity contribution in [2.75, 3.05) is 38.2 Å². The third kappa shape index (κ3) is 3.24. The number of para-hydroxylation sites is 2. The number of anilines is 1. The number of fused-ring (bicyclic) bond motifs is 1. The van der Waals surface area contributed by atoms with Gasteiger partial charge in [-0.25, -0.2) is 8.42 Å². The molecule has 2 heterocycles. The number of methoxy groups -OCH3 is 1. The van der Waals surface area contributed by atoms with Gasteiger partial charge in [-0.15, -0.1) is 0 Å². The number of hydrogen-bond donors (Lipinski definition) is 0. The van der Waals surface area contributed by atoms with Crippen molar-refractivity contribution in [3.63, 3.8) is 0 Å². The zero-order valence-corrected chi connectivity index (χ0v) is 15.9. The lowest BCUT2D eigenvalue weighted by Gasteiger charge is -2.36. The SMILES string of the molecule is COc1ccccc1N1CCN(S(=O)(=O)c2cccc3cnccc23)CC1. The predicted molar refractivity (Wildman–Crippen MR) is 106 cm³/mol. The van der Waals surface area contributed by atoms with Crippen LogP contribution in [0, 0.1) is 0 Å². The van der Waals surface area contributed by atoms with Gasteiger partial charge in [0.2, 0.25) is 10.0 Å². The van der Waals surface area contributed by atoms with Crippen molar-refractivity contribution < 1.29 is 13.2 Å². The van der Waals surface area contributed by atoms with Crippen molar-refractivity contribution >= 4 is 26.5 Å². The van der Waals surface area contributed by atoms with Crippen LogP contribution >= 0.6 is 0 Å². The molecule has 0 saturated carbocycles. The topological polar surface area (TPSA) is 62.7 Å². The molecule has 1 aromatic heterocycles. The monoisotopic (exact) mass is 383 g/mol. The van der Waals surface area contributed by atoms with Crippen molar-refractivity contribution in [1.82, 2.24) is 9.29 Å². The number of rotatable bonds is 4. The highest BCUT2D eigenvalue weighted by molar-refractivity contribution is 7.89. The predicted octanol–water partition coefficient (Wildman–Crippen LogP) is 2.75. The summed E-state index contributed by atoms with van der Waals surface area (Å²) in [5.41, 5.74) is 0.994. The van der Waals surface area contributed by atoms with Crippen molar-refractivity contribution in [3.8, 4) is 5.75 Å². The molecule has 0 atom stereocenters. The average Bonchev–Trinajstić information content (AvgIpc) is 2.73. The molecule has 140 valence electrons. The van der Waals surface area contributed by atoms with E-state index >= 15 is 0 Å². The summed E-state index contributed by atoms with van der Waals surface area (Å²) in [4.78, 5) is 6.59. The third-order valence-electron chi connectivity index (χ3n) is 4.92. The van der Waals surface area contributed by atoms with E-state index in [0.717, 1.165) is 16.8 Å². The van der Waals surface area contributed by atoms with Gasteiger partial charge in [0.15, 0.2) is 0 Å². The lowest BCUT2D eigenvalue weighted by Crippen LogP contribution is -2.48. The third-order valence-corrected chi connectivity index (χ3v) is 6.88. The van der Waals surface area contributed by atoms with Gasteiger partial charge in [0, 0.05) is 49.3 Å². The van der Waals surface area contributed by atoms with Crippen LogP contribution < -0.4 is 9.64 Å². The molecule has 1 saturated heterocycles. The Morgan fingerprint density at radius 1 is 0.963 bits per heavy atom. The molecular weight excluding hydrogens is 362 g/mol. The number of aromatic nitrogens is 1. The molecule has 0 bridgehead atoms. The number of ether oxygens (including phenoxy) is 1. The molecule has 0 spiro atoms. The molecule has 0 amide bonds. The molecule has 1 fully saturated rings. The maximum Gasteiger partial charge on any atom is 0.243 e. The fourth-order valence-electron chi connectivity index (χ4n) is 3.52. The van der Waals surface area contributed by atoms with Crippen molar-refractivity contribution in [3.05, 3.63) is 60.9 Å². The van der Waals surface area contributed by atoms with Gasteiger partial charge in [0.25, 0.3) is 0 Å². The maximum atomic E-state index is 13.2. The molecule has 3 aromatic rings. The van der Waals surface area contributed by atoms with E-state index in [9.17, 15) is 8.42 Å². The summed E-state index contributed by atoms with van der Waals surface area (Å²) in [6.45, 7) is 2.10. The van der Waals surface area contributed by atoms with Crippen LogP contribution in [-0.4, -0.2) is 51.0 Å². The highest BCUT2D eigenvalue weighted by Crippen LogP contribution is 2.30. The van der Waals surface area contributed by atoms with E-state index in [0.29, 0.717) is 36.5 Å².